The lowest BCUT2D eigenvalue weighted by Gasteiger charge is -2.27. The lowest BCUT2D eigenvalue weighted by atomic mass is 10.1. The van der Waals surface area contributed by atoms with E-state index in [1.54, 1.807) is 55.5 Å². The van der Waals surface area contributed by atoms with Crippen molar-refractivity contribution >= 4 is 43.8 Å². The van der Waals surface area contributed by atoms with Gasteiger partial charge in [-0.15, -0.1) is 0 Å². The van der Waals surface area contributed by atoms with Crippen LogP contribution >= 0.6 is 0 Å². The van der Waals surface area contributed by atoms with Crippen LogP contribution in [0.15, 0.2) is 88.9 Å². The van der Waals surface area contributed by atoms with Gasteiger partial charge in [-0.3, -0.25) is 9.10 Å². The lowest BCUT2D eigenvalue weighted by molar-refractivity contribution is -0.114. The van der Waals surface area contributed by atoms with E-state index in [-0.39, 0.29) is 10.6 Å². The van der Waals surface area contributed by atoms with Gasteiger partial charge in [0.25, 0.3) is 10.0 Å². The summed E-state index contributed by atoms with van der Waals surface area (Å²) in [4.78, 5) is 18.1. The fourth-order valence-corrected chi connectivity index (χ4v) is 5.97. The standard InChI is InChI=1S/C29H29N3O5S/c1-19-9-7-13-26(20(19)2)32(38(35,36)28-14-8-11-22-10-5-6-12-25(22)28)18-29(34)30-23-15-16-24(27(33)17-23)21(3)31-37-4/h5-17,33H,18H2,1-4H3,(H,30,34). The molecule has 4 rings (SSSR count). The van der Waals surface area contributed by atoms with Crippen molar-refractivity contribution in [2.24, 2.45) is 5.16 Å². The second kappa shape index (κ2) is 10.9. The van der Waals surface area contributed by atoms with E-state index < -0.39 is 22.5 Å². The zero-order valence-corrected chi connectivity index (χ0v) is 22.4. The number of carbonyl (C=O) groups excluding carboxylic acids is 1. The van der Waals surface area contributed by atoms with Crippen LogP contribution < -0.4 is 9.62 Å². The van der Waals surface area contributed by atoms with Gasteiger partial charge in [0.15, 0.2) is 0 Å². The van der Waals surface area contributed by atoms with Crippen molar-refractivity contribution in [1.82, 2.24) is 0 Å². The van der Waals surface area contributed by atoms with Gasteiger partial charge in [0.2, 0.25) is 5.91 Å². The number of hydrogen-bond acceptors (Lipinski definition) is 6. The van der Waals surface area contributed by atoms with Gasteiger partial charge in [-0.2, -0.15) is 0 Å². The Hall–Kier alpha value is -4.37. The number of rotatable bonds is 8. The highest BCUT2D eigenvalue weighted by molar-refractivity contribution is 7.93. The van der Waals surface area contributed by atoms with E-state index in [4.69, 9.17) is 4.84 Å². The zero-order chi connectivity index (χ0) is 27.4. The molecule has 0 saturated carbocycles. The number of nitrogens with zero attached hydrogens (tertiary/aromatic N) is 2. The zero-order valence-electron chi connectivity index (χ0n) is 21.6. The van der Waals surface area contributed by atoms with E-state index in [1.165, 1.54) is 13.2 Å². The lowest BCUT2D eigenvalue weighted by Crippen LogP contribution is -2.38. The molecule has 2 N–H and O–H groups in total. The molecular weight excluding hydrogens is 502 g/mol. The molecule has 0 aliphatic heterocycles. The molecule has 0 bridgehead atoms. The smallest absolute Gasteiger partial charge is 0.265 e. The average Bonchev–Trinajstić information content (AvgIpc) is 2.89. The molecule has 196 valence electrons. The van der Waals surface area contributed by atoms with Crippen molar-refractivity contribution in [3.8, 4) is 5.75 Å². The summed E-state index contributed by atoms with van der Waals surface area (Å²) < 4.78 is 29.4. The minimum atomic E-state index is -4.15. The molecule has 0 aromatic heterocycles. The predicted molar refractivity (Wildman–Crippen MR) is 150 cm³/mol. The first-order chi connectivity index (χ1) is 18.1. The molecule has 38 heavy (non-hydrogen) atoms. The van der Waals surface area contributed by atoms with E-state index in [9.17, 15) is 18.3 Å². The number of hydrogen-bond donors (Lipinski definition) is 2. The summed E-state index contributed by atoms with van der Waals surface area (Å²) in [7, 11) is -2.74. The summed E-state index contributed by atoms with van der Waals surface area (Å²) in [5.41, 5.74) is 3.28. The number of oxime groups is 1. The Morgan fingerprint density at radius 2 is 1.71 bits per heavy atom. The first-order valence-electron chi connectivity index (χ1n) is 11.9. The van der Waals surface area contributed by atoms with Crippen LogP contribution in [0, 0.1) is 13.8 Å². The largest absolute Gasteiger partial charge is 0.507 e. The normalized spacial score (nSPS) is 11.8. The van der Waals surface area contributed by atoms with Crippen LogP contribution in [-0.4, -0.2) is 38.8 Å². The van der Waals surface area contributed by atoms with Gasteiger partial charge in [-0.05, 0) is 61.5 Å². The monoisotopic (exact) mass is 531 g/mol. The van der Waals surface area contributed by atoms with Crippen LogP contribution in [0.5, 0.6) is 5.75 Å². The van der Waals surface area contributed by atoms with Crippen molar-refractivity contribution in [2.75, 3.05) is 23.3 Å². The summed E-state index contributed by atoms with van der Waals surface area (Å²) in [5, 5.41) is 18.3. The van der Waals surface area contributed by atoms with Crippen LogP contribution in [-0.2, 0) is 19.7 Å². The molecule has 9 heteroatoms. The van der Waals surface area contributed by atoms with Gasteiger partial charge in [0.05, 0.1) is 16.3 Å². The maximum absolute atomic E-state index is 14.1. The van der Waals surface area contributed by atoms with Crippen molar-refractivity contribution in [1.29, 1.82) is 0 Å². The number of nitrogens with one attached hydrogen (secondary N) is 1. The second-order valence-electron chi connectivity index (χ2n) is 8.85. The third-order valence-electron chi connectivity index (χ3n) is 6.35. The molecule has 0 saturated heterocycles. The number of aromatic hydroxyl groups is 1. The summed E-state index contributed by atoms with van der Waals surface area (Å²) in [5.74, 6) is -0.667. The Kier molecular flexibility index (Phi) is 7.68. The quantitative estimate of drug-likeness (QED) is 0.235. The number of benzene rings is 4. The van der Waals surface area contributed by atoms with Crippen LogP contribution in [0.25, 0.3) is 10.8 Å². The number of phenols is 1. The third kappa shape index (κ3) is 5.33. The first-order valence-corrected chi connectivity index (χ1v) is 13.3. The number of carbonyl (C=O) groups is 1. The maximum atomic E-state index is 14.1. The number of amides is 1. The molecule has 0 radical (unpaired) electrons. The molecule has 1 amide bonds. The Morgan fingerprint density at radius 3 is 2.45 bits per heavy atom. The van der Waals surface area contributed by atoms with E-state index in [2.05, 4.69) is 10.5 Å². The van der Waals surface area contributed by atoms with E-state index in [0.29, 0.717) is 28.0 Å². The third-order valence-corrected chi connectivity index (χ3v) is 8.17. The molecule has 0 unspecified atom stereocenters. The molecule has 0 aliphatic rings. The first kappa shape index (κ1) is 26.7. The van der Waals surface area contributed by atoms with E-state index in [1.807, 2.05) is 38.1 Å². The van der Waals surface area contributed by atoms with Crippen molar-refractivity contribution in [3.05, 3.63) is 95.6 Å². The molecular formula is C29H29N3O5S. The van der Waals surface area contributed by atoms with E-state index in [0.717, 1.165) is 20.8 Å². The number of phenolic OH excluding ortho intramolecular Hbond substituents is 1. The molecule has 4 aromatic carbocycles. The second-order valence-corrected chi connectivity index (χ2v) is 10.7. The minimum absolute atomic E-state index is 0.101. The van der Waals surface area contributed by atoms with Crippen LogP contribution in [0.3, 0.4) is 0 Å². The molecule has 0 atom stereocenters. The molecule has 0 heterocycles. The van der Waals surface area contributed by atoms with Gasteiger partial charge >= 0.3 is 0 Å². The summed E-state index contributed by atoms with van der Waals surface area (Å²) in [6, 6.07) is 22.2. The summed E-state index contributed by atoms with van der Waals surface area (Å²) in [6.45, 7) is 4.93. The van der Waals surface area contributed by atoms with Crippen molar-refractivity contribution < 1.29 is 23.2 Å². The number of sulfonamides is 1. The highest BCUT2D eigenvalue weighted by Crippen LogP contribution is 2.32. The van der Waals surface area contributed by atoms with Gasteiger partial charge in [-0.1, -0.05) is 53.7 Å². The Morgan fingerprint density at radius 1 is 1.00 bits per heavy atom. The summed E-state index contributed by atoms with van der Waals surface area (Å²) >= 11 is 0. The fourth-order valence-electron chi connectivity index (χ4n) is 4.28. The topological polar surface area (TPSA) is 108 Å². The molecule has 8 nitrogen and oxygen atoms in total. The molecule has 0 aliphatic carbocycles. The van der Waals surface area contributed by atoms with Gasteiger partial charge in [0, 0.05) is 22.7 Å². The number of fused-ring (bicyclic) bond motifs is 1. The molecule has 0 spiro atoms. The Balaban J connectivity index is 1.72. The molecule has 0 fully saturated rings. The number of anilines is 2. The predicted octanol–water partition coefficient (Wildman–Crippen LogP) is 5.37. The fraction of sp³-hybridized carbons (Fsp3) is 0.172. The highest BCUT2D eigenvalue weighted by atomic mass is 32.2. The molecule has 4 aromatic rings. The minimum Gasteiger partial charge on any atom is -0.507 e. The van der Waals surface area contributed by atoms with Gasteiger partial charge < -0.3 is 15.3 Å². The van der Waals surface area contributed by atoms with Gasteiger partial charge in [-0.25, -0.2) is 8.42 Å². The summed E-state index contributed by atoms with van der Waals surface area (Å²) in [6.07, 6.45) is 0. The highest BCUT2D eigenvalue weighted by Gasteiger charge is 2.30. The van der Waals surface area contributed by atoms with Gasteiger partial charge in [0.1, 0.15) is 19.4 Å². The SMILES string of the molecule is CON=C(C)c1ccc(NC(=O)CN(c2cccc(C)c2C)S(=O)(=O)c2cccc3ccccc23)cc1O. The van der Waals surface area contributed by atoms with Crippen LogP contribution in [0.2, 0.25) is 0 Å². The average molecular weight is 532 g/mol. The number of aryl methyl sites for hydroxylation is 1. The van der Waals surface area contributed by atoms with Crippen LogP contribution in [0.1, 0.15) is 23.6 Å². The maximum Gasteiger partial charge on any atom is 0.265 e. The van der Waals surface area contributed by atoms with Crippen molar-refractivity contribution in [3.63, 3.8) is 0 Å². The Bertz CT molecular complexity index is 1640. The van der Waals surface area contributed by atoms with E-state index >= 15 is 0 Å². The van der Waals surface area contributed by atoms with Crippen LogP contribution in [0.4, 0.5) is 11.4 Å². The Labute approximate surface area is 222 Å². The van der Waals surface area contributed by atoms with Crippen molar-refractivity contribution in [2.45, 2.75) is 25.7 Å².